The highest BCUT2D eigenvalue weighted by Gasteiger charge is 2.52. The van der Waals surface area contributed by atoms with Crippen molar-refractivity contribution < 1.29 is 14.3 Å². The number of Topliss-reactive ketones (excluding diaryl/α,β-unsaturated/α-hetero) is 1. The van der Waals surface area contributed by atoms with Gasteiger partial charge < -0.3 is 9.47 Å². The predicted octanol–water partition coefficient (Wildman–Crippen LogP) is 2.84. The smallest absolute Gasteiger partial charge is 0.201 e. The largest absolute Gasteiger partial charge is 0.491 e. The molecule has 16 heavy (non-hydrogen) atoms. The molecule has 0 saturated carbocycles. The van der Waals surface area contributed by atoms with E-state index in [4.69, 9.17) is 9.47 Å². The van der Waals surface area contributed by atoms with Gasteiger partial charge in [-0.25, -0.2) is 0 Å². The van der Waals surface area contributed by atoms with E-state index in [9.17, 15) is 4.79 Å². The second-order valence-corrected chi connectivity index (χ2v) is 4.64. The zero-order chi connectivity index (χ0) is 12.3. The monoisotopic (exact) mass is 226 g/mol. The lowest BCUT2D eigenvalue weighted by molar-refractivity contribution is -0.143. The third-order valence-electron chi connectivity index (χ3n) is 2.96. The van der Waals surface area contributed by atoms with E-state index in [0.29, 0.717) is 0 Å². The molecule has 0 saturated heterocycles. The maximum Gasteiger partial charge on any atom is 0.201 e. The molecule has 0 radical (unpaired) electrons. The first kappa shape index (κ1) is 13.2. The van der Waals surface area contributed by atoms with Crippen molar-refractivity contribution in [2.75, 3.05) is 7.11 Å². The van der Waals surface area contributed by atoms with E-state index in [2.05, 4.69) is 6.92 Å². The summed E-state index contributed by atoms with van der Waals surface area (Å²) in [5.74, 6) is 0.822. The van der Waals surface area contributed by atoms with Crippen molar-refractivity contribution in [2.24, 2.45) is 0 Å². The molecule has 0 aromatic heterocycles. The fraction of sp³-hybridized carbons (Fsp3) is 0.769. The number of rotatable bonds is 6. The highest BCUT2D eigenvalue weighted by Crippen LogP contribution is 2.41. The number of ether oxygens (including phenoxy) is 2. The van der Waals surface area contributed by atoms with Crippen LogP contribution in [-0.4, -0.2) is 24.6 Å². The fourth-order valence-electron chi connectivity index (χ4n) is 1.90. The Morgan fingerprint density at radius 3 is 2.44 bits per heavy atom. The minimum Gasteiger partial charge on any atom is -0.491 e. The van der Waals surface area contributed by atoms with Crippen LogP contribution in [0.5, 0.6) is 0 Å². The van der Waals surface area contributed by atoms with Gasteiger partial charge in [0.1, 0.15) is 5.76 Å². The fourth-order valence-corrected chi connectivity index (χ4v) is 1.90. The van der Waals surface area contributed by atoms with Gasteiger partial charge in [-0.15, -0.1) is 0 Å². The molecule has 92 valence electrons. The van der Waals surface area contributed by atoms with Crippen molar-refractivity contribution in [3.05, 3.63) is 11.3 Å². The van der Waals surface area contributed by atoms with E-state index in [-0.39, 0.29) is 11.9 Å². The molecule has 0 spiro atoms. The molecule has 0 amide bonds. The number of hydrogen-bond acceptors (Lipinski definition) is 3. The van der Waals surface area contributed by atoms with Crippen LogP contribution < -0.4 is 0 Å². The van der Waals surface area contributed by atoms with Crippen LogP contribution in [0.1, 0.15) is 47.0 Å². The lowest BCUT2D eigenvalue weighted by Crippen LogP contribution is -2.51. The lowest BCUT2D eigenvalue weighted by atomic mass is 9.76. The average Bonchev–Trinajstić information content (AvgIpc) is 2.26. The molecule has 3 heteroatoms. The summed E-state index contributed by atoms with van der Waals surface area (Å²) in [6.07, 6.45) is 2.98. The van der Waals surface area contributed by atoms with E-state index in [0.717, 1.165) is 30.6 Å². The van der Waals surface area contributed by atoms with Crippen molar-refractivity contribution >= 4 is 5.78 Å². The molecule has 3 nitrogen and oxygen atoms in total. The topological polar surface area (TPSA) is 35.5 Å². The first-order valence-corrected chi connectivity index (χ1v) is 5.97. The normalized spacial score (nSPS) is 25.0. The van der Waals surface area contributed by atoms with Crippen LogP contribution in [-0.2, 0) is 14.3 Å². The average molecular weight is 226 g/mol. The third-order valence-corrected chi connectivity index (χ3v) is 2.96. The number of unbranched alkanes of at least 4 members (excludes halogenated alkanes) is 1. The molecular weight excluding hydrogens is 204 g/mol. The summed E-state index contributed by atoms with van der Waals surface area (Å²) >= 11 is 0. The molecule has 0 bridgehead atoms. The van der Waals surface area contributed by atoms with E-state index in [1.54, 1.807) is 14.0 Å². The number of methoxy groups -OCH3 is 1. The first-order valence-electron chi connectivity index (χ1n) is 5.97. The van der Waals surface area contributed by atoms with Crippen LogP contribution in [0.4, 0.5) is 0 Å². The molecule has 0 heterocycles. The van der Waals surface area contributed by atoms with Crippen LogP contribution in [0.3, 0.4) is 0 Å². The number of hydrogen-bond donors (Lipinski definition) is 0. The third kappa shape index (κ3) is 2.14. The maximum atomic E-state index is 11.9. The zero-order valence-corrected chi connectivity index (χ0v) is 10.9. The Kier molecular flexibility index (Phi) is 4.14. The van der Waals surface area contributed by atoms with Gasteiger partial charge in [0.2, 0.25) is 5.78 Å². The number of ketones is 1. The molecular formula is C13H22O3. The van der Waals surface area contributed by atoms with Crippen LogP contribution in [0.25, 0.3) is 0 Å². The van der Waals surface area contributed by atoms with Crippen molar-refractivity contribution in [1.29, 1.82) is 0 Å². The van der Waals surface area contributed by atoms with Gasteiger partial charge in [-0.05, 0) is 33.6 Å². The lowest BCUT2D eigenvalue weighted by Gasteiger charge is -2.40. The Labute approximate surface area is 97.8 Å². The standard InChI is InChI=1S/C13H22O3/c1-6-7-8-10-11(14)13(4,15-5)12(10)16-9(2)3/h9H,6-8H2,1-5H3. The van der Waals surface area contributed by atoms with Gasteiger partial charge in [0.25, 0.3) is 0 Å². The highest BCUT2D eigenvalue weighted by molar-refractivity contribution is 6.11. The van der Waals surface area contributed by atoms with Gasteiger partial charge in [0.05, 0.1) is 6.10 Å². The highest BCUT2D eigenvalue weighted by atomic mass is 16.6. The first-order chi connectivity index (χ1) is 7.47. The summed E-state index contributed by atoms with van der Waals surface area (Å²) in [5, 5.41) is 0. The summed E-state index contributed by atoms with van der Waals surface area (Å²) in [6, 6.07) is 0. The molecule has 0 N–H and O–H groups in total. The van der Waals surface area contributed by atoms with E-state index < -0.39 is 5.60 Å². The van der Waals surface area contributed by atoms with Gasteiger partial charge in [-0.1, -0.05) is 13.3 Å². The second kappa shape index (κ2) is 5.00. The van der Waals surface area contributed by atoms with Gasteiger partial charge in [-0.2, -0.15) is 0 Å². The molecule has 0 aliphatic heterocycles. The Balaban J connectivity index is 2.88. The van der Waals surface area contributed by atoms with Crippen molar-refractivity contribution in [1.82, 2.24) is 0 Å². The maximum absolute atomic E-state index is 11.9. The Morgan fingerprint density at radius 1 is 1.38 bits per heavy atom. The van der Waals surface area contributed by atoms with E-state index in [1.807, 2.05) is 13.8 Å². The number of carbonyl (C=O) groups is 1. The SMILES string of the molecule is CCCCC1=C(OC(C)C)C(C)(OC)C1=O. The predicted molar refractivity (Wildman–Crippen MR) is 63.2 cm³/mol. The summed E-state index contributed by atoms with van der Waals surface area (Å²) in [7, 11) is 1.55. The van der Waals surface area contributed by atoms with Gasteiger partial charge in [0, 0.05) is 12.7 Å². The molecule has 1 rings (SSSR count). The minimum atomic E-state index is -0.840. The Morgan fingerprint density at radius 2 is 2.00 bits per heavy atom. The summed E-state index contributed by atoms with van der Waals surface area (Å²) < 4.78 is 11.0. The molecule has 1 aliphatic carbocycles. The van der Waals surface area contributed by atoms with Crippen LogP contribution >= 0.6 is 0 Å². The van der Waals surface area contributed by atoms with Gasteiger partial charge >= 0.3 is 0 Å². The van der Waals surface area contributed by atoms with Gasteiger partial charge in [0.15, 0.2) is 5.60 Å². The second-order valence-electron chi connectivity index (χ2n) is 4.64. The summed E-state index contributed by atoms with van der Waals surface area (Å²) in [4.78, 5) is 11.9. The molecule has 0 aromatic rings. The van der Waals surface area contributed by atoms with Crippen LogP contribution in [0.2, 0.25) is 0 Å². The molecule has 0 fully saturated rings. The Bertz CT molecular complexity index is 304. The minimum absolute atomic E-state index is 0.0780. The molecule has 1 aliphatic rings. The zero-order valence-electron chi connectivity index (χ0n) is 10.9. The molecule has 1 unspecified atom stereocenters. The summed E-state index contributed by atoms with van der Waals surface area (Å²) in [6.45, 7) is 7.82. The van der Waals surface area contributed by atoms with Crippen molar-refractivity contribution in [3.63, 3.8) is 0 Å². The number of carbonyl (C=O) groups excluding carboxylic acids is 1. The van der Waals surface area contributed by atoms with Crippen LogP contribution in [0.15, 0.2) is 11.3 Å². The van der Waals surface area contributed by atoms with Gasteiger partial charge in [-0.3, -0.25) is 4.79 Å². The Hall–Kier alpha value is -0.830. The molecule has 1 atom stereocenters. The summed E-state index contributed by atoms with van der Waals surface area (Å²) in [5.41, 5.74) is -0.0206. The van der Waals surface area contributed by atoms with E-state index in [1.165, 1.54) is 0 Å². The molecule has 0 aromatic carbocycles. The van der Waals surface area contributed by atoms with Crippen molar-refractivity contribution in [2.45, 2.75) is 58.7 Å². The van der Waals surface area contributed by atoms with Crippen LogP contribution in [0, 0.1) is 0 Å². The quantitative estimate of drug-likeness (QED) is 0.698. The van der Waals surface area contributed by atoms with E-state index >= 15 is 0 Å². The van der Waals surface area contributed by atoms with Crippen molar-refractivity contribution in [3.8, 4) is 0 Å².